The van der Waals surface area contributed by atoms with Crippen molar-refractivity contribution in [2.75, 3.05) is 7.11 Å². The minimum Gasteiger partial charge on any atom is -0.497 e. The third-order valence-electron chi connectivity index (χ3n) is 4.25. The second-order valence-electron chi connectivity index (χ2n) is 6.20. The van der Waals surface area contributed by atoms with E-state index in [1.807, 2.05) is 24.3 Å². The van der Waals surface area contributed by atoms with Crippen molar-refractivity contribution in [3.05, 3.63) is 83.4 Å². The molecule has 138 valence electrons. The monoisotopic (exact) mass is 380 g/mol. The summed E-state index contributed by atoms with van der Waals surface area (Å²) in [5.74, 6) is 0.363. The molecule has 0 atom stereocenters. The molecule has 0 heterocycles. The van der Waals surface area contributed by atoms with Crippen molar-refractivity contribution in [1.82, 2.24) is 0 Å². The Balaban J connectivity index is 1.87. The quantitative estimate of drug-likeness (QED) is 0.495. The van der Waals surface area contributed by atoms with Crippen molar-refractivity contribution >= 4 is 22.3 Å². The zero-order valence-corrected chi connectivity index (χ0v) is 15.9. The number of aryl methyl sites for hydroxylation is 1. The predicted molar refractivity (Wildman–Crippen MR) is 108 cm³/mol. The number of methoxy groups -OCH3 is 1. The Bertz CT molecular complexity index is 1060. The molecule has 5 heteroatoms. The Hall–Kier alpha value is -2.89. The molecule has 0 radical (unpaired) electrons. The molecular formula is C22H20O4S. The Labute approximate surface area is 159 Å². The van der Waals surface area contributed by atoms with Crippen LogP contribution in [-0.4, -0.2) is 20.1 Å². The van der Waals surface area contributed by atoms with E-state index in [0.29, 0.717) is 11.3 Å². The van der Waals surface area contributed by atoms with E-state index in [-0.39, 0.29) is 4.90 Å². The number of hydrogen-bond donors (Lipinski definition) is 1. The third kappa shape index (κ3) is 4.64. The highest BCUT2D eigenvalue weighted by atomic mass is 32.2. The molecule has 0 aliphatic heterocycles. The lowest BCUT2D eigenvalue weighted by Gasteiger charge is -2.06. The number of ether oxygens (including phenoxy) is 1. The average molecular weight is 380 g/mol. The summed E-state index contributed by atoms with van der Waals surface area (Å²) in [6.45, 7) is 2.05. The molecular weight excluding hydrogens is 360 g/mol. The van der Waals surface area contributed by atoms with E-state index in [4.69, 9.17) is 4.74 Å². The summed E-state index contributed by atoms with van der Waals surface area (Å²) in [6.07, 6.45) is 3.46. The second kappa shape index (κ2) is 7.78. The van der Waals surface area contributed by atoms with Gasteiger partial charge in [-0.1, -0.05) is 66.2 Å². The minimum absolute atomic E-state index is 0.186. The lowest BCUT2D eigenvalue weighted by molar-refractivity contribution is 0.412. The van der Waals surface area contributed by atoms with E-state index in [1.165, 1.54) is 18.7 Å². The van der Waals surface area contributed by atoms with Crippen LogP contribution in [0.15, 0.2) is 71.6 Å². The van der Waals surface area contributed by atoms with Gasteiger partial charge >= 0.3 is 0 Å². The Morgan fingerprint density at radius 3 is 2.00 bits per heavy atom. The molecule has 0 spiro atoms. The van der Waals surface area contributed by atoms with Crippen LogP contribution in [0.3, 0.4) is 0 Å². The van der Waals surface area contributed by atoms with Crippen LogP contribution in [0, 0.1) is 6.92 Å². The normalized spacial score (nSPS) is 11.7. The molecule has 1 N–H and O–H groups in total. The summed E-state index contributed by atoms with van der Waals surface area (Å²) < 4.78 is 37.7. The van der Waals surface area contributed by atoms with Gasteiger partial charge in [-0.15, -0.1) is 0 Å². The Morgan fingerprint density at radius 2 is 1.44 bits per heavy atom. The van der Waals surface area contributed by atoms with Crippen LogP contribution in [0.4, 0.5) is 0 Å². The van der Waals surface area contributed by atoms with E-state index >= 15 is 0 Å². The van der Waals surface area contributed by atoms with Crippen molar-refractivity contribution in [3.8, 4) is 16.9 Å². The molecule has 0 saturated heterocycles. The predicted octanol–water partition coefficient (Wildman–Crippen LogP) is 5.09. The summed E-state index contributed by atoms with van der Waals surface area (Å²) in [6, 6.07) is 20.8. The molecule has 3 rings (SSSR count). The molecule has 0 unspecified atom stereocenters. The van der Waals surface area contributed by atoms with Crippen LogP contribution >= 0.6 is 0 Å². The summed E-state index contributed by atoms with van der Waals surface area (Å²) in [4.78, 5) is -0.186. The fourth-order valence-electron chi connectivity index (χ4n) is 2.72. The topological polar surface area (TPSA) is 63.6 Å². The van der Waals surface area contributed by atoms with Gasteiger partial charge in [0.2, 0.25) is 0 Å². The van der Waals surface area contributed by atoms with Crippen LogP contribution in [0.1, 0.15) is 16.7 Å². The van der Waals surface area contributed by atoms with Crippen molar-refractivity contribution in [3.63, 3.8) is 0 Å². The number of hydrogen-bond acceptors (Lipinski definition) is 3. The number of benzene rings is 3. The first-order valence-corrected chi connectivity index (χ1v) is 9.81. The van der Waals surface area contributed by atoms with Crippen molar-refractivity contribution < 1.29 is 17.7 Å². The molecule has 0 bridgehead atoms. The Morgan fingerprint density at radius 1 is 0.852 bits per heavy atom. The first kappa shape index (κ1) is 18.9. The van der Waals surface area contributed by atoms with Gasteiger partial charge in [-0.05, 0) is 41.3 Å². The van der Waals surface area contributed by atoms with Crippen molar-refractivity contribution in [1.29, 1.82) is 0 Å². The summed E-state index contributed by atoms with van der Waals surface area (Å²) in [7, 11) is -2.91. The fraction of sp³-hybridized carbons (Fsp3) is 0.0909. The molecule has 0 saturated carbocycles. The highest BCUT2D eigenvalue weighted by Gasteiger charge is 2.15. The molecule has 3 aromatic carbocycles. The molecule has 3 aromatic rings. The van der Waals surface area contributed by atoms with E-state index in [2.05, 4.69) is 31.2 Å². The summed E-state index contributed by atoms with van der Waals surface area (Å²) in [5.41, 5.74) is 4.77. The molecule has 0 aromatic heterocycles. The van der Waals surface area contributed by atoms with Gasteiger partial charge in [0.1, 0.15) is 10.6 Å². The molecule has 0 aliphatic carbocycles. The van der Waals surface area contributed by atoms with Crippen molar-refractivity contribution in [2.24, 2.45) is 0 Å². The van der Waals surface area contributed by atoms with E-state index in [9.17, 15) is 13.0 Å². The molecule has 0 amide bonds. The van der Waals surface area contributed by atoms with Gasteiger partial charge in [-0.2, -0.15) is 8.42 Å². The Kier molecular flexibility index (Phi) is 5.44. The van der Waals surface area contributed by atoms with Crippen molar-refractivity contribution in [2.45, 2.75) is 11.8 Å². The highest BCUT2D eigenvalue weighted by molar-refractivity contribution is 7.86. The van der Waals surface area contributed by atoms with Crippen LogP contribution in [-0.2, 0) is 10.1 Å². The minimum atomic E-state index is -4.35. The highest BCUT2D eigenvalue weighted by Crippen LogP contribution is 2.25. The first-order valence-electron chi connectivity index (χ1n) is 8.37. The van der Waals surface area contributed by atoms with Gasteiger partial charge in [0.05, 0.1) is 7.11 Å². The SMILES string of the molecule is COc1ccc(C=Cc2ccc(-c3ccc(C)cc3)cc2)c(S(=O)(=O)O)c1. The summed E-state index contributed by atoms with van der Waals surface area (Å²) in [5, 5.41) is 0. The maximum atomic E-state index is 11.6. The average Bonchev–Trinajstić information content (AvgIpc) is 2.66. The lowest BCUT2D eigenvalue weighted by Crippen LogP contribution is -2.01. The van der Waals surface area contributed by atoms with Gasteiger partial charge in [-0.25, -0.2) is 0 Å². The van der Waals surface area contributed by atoms with Crippen LogP contribution in [0.25, 0.3) is 23.3 Å². The van der Waals surface area contributed by atoms with Crippen LogP contribution in [0.5, 0.6) is 5.75 Å². The van der Waals surface area contributed by atoms with E-state index in [0.717, 1.165) is 16.7 Å². The number of rotatable bonds is 5. The summed E-state index contributed by atoms with van der Waals surface area (Å²) >= 11 is 0. The van der Waals surface area contributed by atoms with Gasteiger partial charge in [0.25, 0.3) is 10.1 Å². The first-order chi connectivity index (χ1) is 12.9. The van der Waals surface area contributed by atoms with Gasteiger partial charge < -0.3 is 4.74 Å². The third-order valence-corrected chi connectivity index (χ3v) is 5.16. The zero-order chi connectivity index (χ0) is 19.4. The smallest absolute Gasteiger partial charge is 0.295 e. The second-order valence-corrected chi connectivity index (χ2v) is 7.59. The largest absolute Gasteiger partial charge is 0.497 e. The van der Waals surface area contributed by atoms with Gasteiger partial charge in [0.15, 0.2) is 0 Å². The molecule has 0 aliphatic rings. The maximum Gasteiger partial charge on any atom is 0.295 e. The zero-order valence-electron chi connectivity index (χ0n) is 15.1. The molecule has 0 fully saturated rings. The standard InChI is InChI=1S/C22H20O4S/c1-16-3-8-18(9-4-16)19-10-5-17(6-11-19)7-12-20-13-14-21(26-2)15-22(20)27(23,24)25/h3-15H,1-2H3,(H,23,24,25). The van der Waals surface area contributed by atoms with E-state index < -0.39 is 10.1 Å². The van der Waals surface area contributed by atoms with Gasteiger partial charge in [-0.3, -0.25) is 4.55 Å². The lowest BCUT2D eigenvalue weighted by atomic mass is 10.0. The molecule has 4 nitrogen and oxygen atoms in total. The fourth-order valence-corrected chi connectivity index (χ4v) is 3.42. The van der Waals surface area contributed by atoms with E-state index in [1.54, 1.807) is 24.3 Å². The maximum absolute atomic E-state index is 11.6. The molecule has 27 heavy (non-hydrogen) atoms. The van der Waals surface area contributed by atoms with Crippen LogP contribution in [0.2, 0.25) is 0 Å². The van der Waals surface area contributed by atoms with Crippen LogP contribution < -0.4 is 4.74 Å². The van der Waals surface area contributed by atoms with Gasteiger partial charge in [0, 0.05) is 6.07 Å².